The van der Waals surface area contributed by atoms with Crippen LogP contribution in [0.4, 0.5) is 0 Å². The number of carboxylic acids is 2. The van der Waals surface area contributed by atoms with E-state index in [0.29, 0.717) is 6.42 Å². The number of hydrogen-bond acceptors (Lipinski definition) is 2. The van der Waals surface area contributed by atoms with Gasteiger partial charge in [-0.1, -0.05) is 12.2 Å². The minimum absolute atomic E-state index is 0.0661. The van der Waals surface area contributed by atoms with Gasteiger partial charge in [-0.2, -0.15) is 0 Å². The third-order valence-electron chi connectivity index (χ3n) is 3.03. The van der Waals surface area contributed by atoms with Gasteiger partial charge in [0.25, 0.3) is 0 Å². The van der Waals surface area contributed by atoms with Crippen molar-refractivity contribution in [2.24, 2.45) is 23.7 Å². The Bertz CT molecular complexity index is 266. The number of allylic oxidation sites excluding steroid dienone is 2. The Labute approximate surface area is 74.9 Å². The highest BCUT2D eigenvalue weighted by Crippen LogP contribution is 2.48. The monoisotopic (exact) mass is 182 g/mol. The standard InChI is InChI=1S/C9H10O4/c10-8(11)6-4-1-2-5(3-4)7(6)9(12)13/h1-2,4-7H,3H2,(H,10,11)(H,12,13)/t4-,5-,6-,7-/m1/s1. The fourth-order valence-corrected chi connectivity index (χ4v) is 2.50. The van der Waals surface area contributed by atoms with E-state index in [-0.39, 0.29) is 11.8 Å². The molecule has 4 heteroatoms. The Kier molecular flexibility index (Phi) is 1.65. The van der Waals surface area contributed by atoms with E-state index in [4.69, 9.17) is 10.2 Å². The highest BCUT2D eigenvalue weighted by molar-refractivity contribution is 5.82. The average Bonchev–Trinajstić information content (AvgIpc) is 2.60. The largest absolute Gasteiger partial charge is 0.481 e. The molecule has 0 radical (unpaired) electrons. The van der Waals surface area contributed by atoms with E-state index in [1.165, 1.54) is 0 Å². The Morgan fingerprint density at radius 3 is 1.69 bits per heavy atom. The lowest BCUT2D eigenvalue weighted by Crippen LogP contribution is -2.32. The van der Waals surface area contributed by atoms with Crippen LogP contribution >= 0.6 is 0 Å². The number of carboxylic acid groups (broad SMARTS) is 2. The normalized spacial score (nSPS) is 40.9. The van der Waals surface area contributed by atoms with Crippen LogP contribution in [0.2, 0.25) is 0 Å². The van der Waals surface area contributed by atoms with E-state index >= 15 is 0 Å². The fourth-order valence-electron chi connectivity index (χ4n) is 2.50. The van der Waals surface area contributed by atoms with Crippen molar-refractivity contribution in [1.29, 1.82) is 0 Å². The number of carbonyl (C=O) groups is 2. The third-order valence-corrected chi connectivity index (χ3v) is 3.03. The molecule has 0 unspecified atom stereocenters. The van der Waals surface area contributed by atoms with E-state index in [2.05, 4.69) is 0 Å². The van der Waals surface area contributed by atoms with Gasteiger partial charge in [-0.3, -0.25) is 9.59 Å². The molecule has 2 rings (SSSR count). The molecule has 2 aliphatic carbocycles. The first-order valence-corrected chi connectivity index (χ1v) is 4.25. The maximum absolute atomic E-state index is 10.8. The Morgan fingerprint density at radius 1 is 1.00 bits per heavy atom. The summed E-state index contributed by atoms with van der Waals surface area (Å²) in [5, 5.41) is 17.7. The summed E-state index contributed by atoms with van der Waals surface area (Å²) < 4.78 is 0. The van der Waals surface area contributed by atoms with Crippen LogP contribution in [-0.2, 0) is 9.59 Å². The van der Waals surface area contributed by atoms with E-state index in [1.54, 1.807) is 0 Å². The zero-order valence-electron chi connectivity index (χ0n) is 6.88. The number of rotatable bonds is 2. The smallest absolute Gasteiger partial charge is 0.307 e. The second-order valence-corrected chi connectivity index (χ2v) is 3.68. The van der Waals surface area contributed by atoms with E-state index in [0.717, 1.165) is 0 Å². The Morgan fingerprint density at radius 2 is 1.38 bits per heavy atom. The molecule has 2 bridgehead atoms. The summed E-state index contributed by atoms with van der Waals surface area (Å²) in [7, 11) is 0. The molecule has 70 valence electrons. The molecule has 0 aromatic rings. The van der Waals surface area contributed by atoms with Crippen LogP contribution in [0.5, 0.6) is 0 Å². The van der Waals surface area contributed by atoms with Crippen LogP contribution in [-0.4, -0.2) is 22.2 Å². The molecule has 1 saturated carbocycles. The predicted molar refractivity (Wildman–Crippen MR) is 43.0 cm³/mol. The molecule has 0 aromatic heterocycles. The molecular weight excluding hydrogens is 172 g/mol. The fraction of sp³-hybridized carbons (Fsp3) is 0.556. The lowest BCUT2D eigenvalue weighted by atomic mass is 9.83. The molecule has 0 saturated heterocycles. The molecule has 4 atom stereocenters. The molecule has 13 heavy (non-hydrogen) atoms. The van der Waals surface area contributed by atoms with Crippen molar-refractivity contribution in [3.8, 4) is 0 Å². The van der Waals surface area contributed by atoms with Gasteiger partial charge in [0.1, 0.15) is 0 Å². The van der Waals surface area contributed by atoms with E-state index < -0.39 is 23.8 Å². The van der Waals surface area contributed by atoms with Gasteiger partial charge >= 0.3 is 11.9 Å². The maximum Gasteiger partial charge on any atom is 0.307 e. The van der Waals surface area contributed by atoms with Gasteiger partial charge in [-0.25, -0.2) is 0 Å². The molecule has 1 fully saturated rings. The summed E-state index contributed by atoms with van der Waals surface area (Å²) in [5.41, 5.74) is 0. The summed E-state index contributed by atoms with van der Waals surface area (Å²) in [4.78, 5) is 21.6. The topological polar surface area (TPSA) is 74.6 Å². The first kappa shape index (κ1) is 8.29. The molecule has 2 N–H and O–H groups in total. The van der Waals surface area contributed by atoms with Crippen molar-refractivity contribution in [3.63, 3.8) is 0 Å². The van der Waals surface area contributed by atoms with Crippen LogP contribution in [0, 0.1) is 23.7 Å². The second-order valence-electron chi connectivity index (χ2n) is 3.68. The number of aliphatic carboxylic acids is 2. The highest BCUT2D eigenvalue weighted by atomic mass is 16.4. The van der Waals surface area contributed by atoms with Gasteiger partial charge in [0, 0.05) is 0 Å². The summed E-state index contributed by atoms with van der Waals surface area (Å²) in [6.07, 6.45) is 4.36. The molecule has 2 aliphatic rings. The molecule has 0 spiro atoms. The van der Waals surface area contributed by atoms with Gasteiger partial charge in [0.2, 0.25) is 0 Å². The minimum Gasteiger partial charge on any atom is -0.481 e. The minimum atomic E-state index is -0.982. The summed E-state index contributed by atoms with van der Waals surface area (Å²) in [6, 6.07) is 0. The number of fused-ring (bicyclic) bond motifs is 2. The highest BCUT2D eigenvalue weighted by Gasteiger charge is 2.51. The first-order valence-electron chi connectivity index (χ1n) is 4.25. The zero-order valence-corrected chi connectivity index (χ0v) is 6.88. The Balaban J connectivity index is 2.30. The van der Waals surface area contributed by atoms with Crippen molar-refractivity contribution in [1.82, 2.24) is 0 Å². The molecule has 0 amide bonds. The molecule has 4 nitrogen and oxygen atoms in total. The second kappa shape index (κ2) is 2.58. The van der Waals surface area contributed by atoms with Crippen molar-refractivity contribution < 1.29 is 19.8 Å². The van der Waals surface area contributed by atoms with Crippen LogP contribution in [0.3, 0.4) is 0 Å². The lowest BCUT2D eigenvalue weighted by molar-refractivity contribution is -0.154. The van der Waals surface area contributed by atoms with Crippen LogP contribution in [0.15, 0.2) is 12.2 Å². The van der Waals surface area contributed by atoms with Crippen LogP contribution < -0.4 is 0 Å². The summed E-state index contributed by atoms with van der Waals surface area (Å²) in [5.74, 6) is -3.53. The van der Waals surface area contributed by atoms with E-state index in [9.17, 15) is 9.59 Å². The van der Waals surface area contributed by atoms with Crippen LogP contribution in [0.25, 0.3) is 0 Å². The molecule has 0 aromatic carbocycles. The zero-order chi connectivity index (χ0) is 9.59. The van der Waals surface area contributed by atoms with Crippen molar-refractivity contribution in [2.45, 2.75) is 6.42 Å². The predicted octanol–water partition coefficient (Wildman–Crippen LogP) is 0.594. The maximum atomic E-state index is 10.8. The van der Waals surface area contributed by atoms with Gasteiger partial charge in [0.05, 0.1) is 11.8 Å². The van der Waals surface area contributed by atoms with Gasteiger partial charge in [-0.15, -0.1) is 0 Å². The van der Waals surface area contributed by atoms with Gasteiger partial charge in [0.15, 0.2) is 0 Å². The van der Waals surface area contributed by atoms with Crippen molar-refractivity contribution in [2.75, 3.05) is 0 Å². The third kappa shape index (κ3) is 1.05. The quantitative estimate of drug-likeness (QED) is 0.613. The molecular formula is C9H10O4. The van der Waals surface area contributed by atoms with Crippen LogP contribution in [0.1, 0.15) is 6.42 Å². The molecule has 0 heterocycles. The summed E-state index contributed by atoms with van der Waals surface area (Å²) in [6.45, 7) is 0. The molecule has 0 aliphatic heterocycles. The SMILES string of the molecule is O=C(O)[C@H]1[C@H](C(=O)O)[C@@H]2C=C[C@@H]1C2. The van der Waals surface area contributed by atoms with Crippen molar-refractivity contribution in [3.05, 3.63) is 12.2 Å². The van der Waals surface area contributed by atoms with Gasteiger partial charge in [-0.05, 0) is 18.3 Å². The first-order chi connectivity index (χ1) is 6.11. The summed E-state index contributed by atoms with van der Waals surface area (Å²) >= 11 is 0. The van der Waals surface area contributed by atoms with E-state index in [1.807, 2.05) is 12.2 Å². The van der Waals surface area contributed by atoms with Crippen molar-refractivity contribution >= 4 is 11.9 Å². The van der Waals surface area contributed by atoms with Gasteiger partial charge < -0.3 is 10.2 Å². The average molecular weight is 182 g/mol. The lowest BCUT2D eigenvalue weighted by Gasteiger charge is -2.20. The number of hydrogen-bond donors (Lipinski definition) is 2. The Hall–Kier alpha value is -1.32.